The predicted octanol–water partition coefficient (Wildman–Crippen LogP) is 5.07. The molecule has 4 nitrogen and oxygen atoms in total. The van der Waals surface area contributed by atoms with Gasteiger partial charge in [0.2, 0.25) is 5.91 Å². The van der Waals surface area contributed by atoms with Gasteiger partial charge in [0.15, 0.2) is 5.13 Å². The van der Waals surface area contributed by atoms with Gasteiger partial charge in [0.25, 0.3) is 0 Å². The number of hydrogen-bond acceptors (Lipinski definition) is 4. The zero-order valence-corrected chi connectivity index (χ0v) is 16.3. The second-order valence-corrected chi connectivity index (χ2v) is 7.77. The third kappa shape index (κ3) is 3.94. The summed E-state index contributed by atoms with van der Waals surface area (Å²) in [4.78, 5) is 17.1. The molecule has 0 saturated carbocycles. The molecule has 4 rings (SSSR count). The Labute approximate surface area is 163 Å². The number of hydrogen-bond donors (Lipinski definition) is 1. The number of amides is 1. The van der Waals surface area contributed by atoms with Gasteiger partial charge in [0.05, 0.1) is 24.8 Å². The average Bonchev–Trinajstić information content (AvgIpc) is 3.10. The molecule has 1 N–H and O–H groups in total. The van der Waals surface area contributed by atoms with Crippen molar-refractivity contribution in [1.82, 2.24) is 4.98 Å². The van der Waals surface area contributed by atoms with Gasteiger partial charge in [-0.05, 0) is 37.0 Å². The molecule has 27 heavy (non-hydrogen) atoms. The fourth-order valence-corrected chi connectivity index (χ4v) is 4.27. The summed E-state index contributed by atoms with van der Waals surface area (Å²) in [6.07, 6.45) is 1.02. The molecule has 2 aromatic carbocycles. The fraction of sp³-hybridized carbons (Fsp3) is 0.273. The van der Waals surface area contributed by atoms with Gasteiger partial charge < -0.3 is 10.1 Å². The first kappa shape index (κ1) is 17.9. The number of nitrogens with zero attached hydrogens (tertiary/aromatic N) is 1. The van der Waals surface area contributed by atoms with Gasteiger partial charge in [-0.1, -0.05) is 48.0 Å². The van der Waals surface area contributed by atoms with E-state index in [1.807, 2.05) is 23.6 Å². The molecule has 0 radical (unpaired) electrons. The van der Waals surface area contributed by atoms with Crippen molar-refractivity contribution in [2.45, 2.75) is 32.8 Å². The summed E-state index contributed by atoms with van der Waals surface area (Å²) in [7, 11) is 0. The molecule has 1 aromatic heterocycles. The second-order valence-electron chi connectivity index (χ2n) is 6.92. The van der Waals surface area contributed by atoms with Crippen LogP contribution < -0.4 is 5.32 Å². The van der Waals surface area contributed by atoms with E-state index in [2.05, 4.69) is 48.4 Å². The van der Waals surface area contributed by atoms with Gasteiger partial charge >= 0.3 is 0 Å². The van der Waals surface area contributed by atoms with E-state index >= 15 is 0 Å². The first-order valence-corrected chi connectivity index (χ1v) is 10.0. The number of rotatable bonds is 4. The highest BCUT2D eigenvalue weighted by Gasteiger charge is 2.23. The van der Waals surface area contributed by atoms with E-state index in [9.17, 15) is 4.79 Å². The SMILES string of the molecule is Cc1ccc(-c2csc(NC(=O)CC3OCCc4ccccc43)n2)c(C)c1. The van der Waals surface area contributed by atoms with Crippen molar-refractivity contribution in [3.63, 3.8) is 0 Å². The number of nitrogens with one attached hydrogen (secondary N) is 1. The normalized spacial score (nSPS) is 16.0. The highest BCUT2D eigenvalue weighted by molar-refractivity contribution is 7.14. The van der Waals surface area contributed by atoms with Crippen molar-refractivity contribution in [2.75, 3.05) is 11.9 Å². The molecule has 1 unspecified atom stereocenters. The van der Waals surface area contributed by atoms with E-state index in [0.29, 0.717) is 18.2 Å². The highest BCUT2D eigenvalue weighted by Crippen LogP contribution is 2.31. The minimum Gasteiger partial charge on any atom is -0.373 e. The van der Waals surface area contributed by atoms with E-state index in [1.165, 1.54) is 28.0 Å². The van der Waals surface area contributed by atoms with Crippen molar-refractivity contribution in [2.24, 2.45) is 0 Å². The molecule has 0 aliphatic carbocycles. The summed E-state index contributed by atoms with van der Waals surface area (Å²) in [6, 6.07) is 14.5. The van der Waals surface area contributed by atoms with Crippen LogP contribution in [0.5, 0.6) is 0 Å². The van der Waals surface area contributed by atoms with Gasteiger partial charge in [-0.25, -0.2) is 4.98 Å². The third-order valence-corrected chi connectivity index (χ3v) is 5.63. The topological polar surface area (TPSA) is 51.2 Å². The monoisotopic (exact) mass is 378 g/mol. The molecule has 1 aliphatic heterocycles. The number of ether oxygens (including phenoxy) is 1. The molecule has 1 amide bonds. The highest BCUT2D eigenvalue weighted by atomic mass is 32.1. The van der Waals surface area contributed by atoms with Crippen molar-refractivity contribution < 1.29 is 9.53 Å². The van der Waals surface area contributed by atoms with Crippen LogP contribution in [0.25, 0.3) is 11.3 Å². The van der Waals surface area contributed by atoms with E-state index in [1.54, 1.807) is 0 Å². The lowest BCUT2D eigenvalue weighted by atomic mass is 9.96. The van der Waals surface area contributed by atoms with Crippen LogP contribution in [0.4, 0.5) is 5.13 Å². The summed E-state index contributed by atoms with van der Waals surface area (Å²) < 4.78 is 5.84. The molecule has 3 aromatic rings. The number of aryl methyl sites for hydroxylation is 2. The number of carbonyl (C=O) groups is 1. The summed E-state index contributed by atoms with van der Waals surface area (Å²) in [5, 5.41) is 5.54. The first-order valence-electron chi connectivity index (χ1n) is 9.12. The summed E-state index contributed by atoms with van der Waals surface area (Å²) in [6.45, 7) is 4.82. The lowest BCUT2D eigenvalue weighted by Gasteiger charge is -2.25. The lowest BCUT2D eigenvalue weighted by Crippen LogP contribution is -2.22. The molecule has 0 bridgehead atoms. The van der Waals surface area contributed by atoms with Crippen LogP contribution in [0.1, 0.15) is 34.8 Å². The number of fused-ring (bicyclic) bond motifs is 1. The lowest BCUT2D eigenvalue weighted by molar-refractivity contribution is -0.119. The van der Waals surface area contributed by atoms with Gasteiger partial charge in [0, 0.05) is 10.9 Å². The van der Waals surface area contributed by atoms with Gasteiger partial charge in [-0.3, -0.25) is 4.79 Å². The summed E-state index contributed by atoms with van der Waals surface area (Å²) in [5.41, 5.74) is 6.80. The number of aromatic nitrogens is 1. The van der Waals surface area contributed by atoms with Crippen molar-refractivity contribution in [1.29, 1.82) is 0 Å². The van der Waals surface area contributed by atoms with E-state index < -0.39 is 0 Å². The molecule has 0 saturated heterocycles. The van der Waals surface area contributed by atoms with Crippen LogP contribution in [-0.2, 0) is 16.0 Å². The minimum atomic E-state index is -0.186. The van der Waals surface area contributed by atoms with Crippen LogP contribution in [0.2, 0.25) is 0 Å². The maximum atomic E-state index is 12.5. The molecule has 0 fully saturated rings. The molecule has 1 atom stereocenters. The van der Waals surface area contributed by atoms with Crippen molar-refractivity contribution >= 4 is 22.4 Å². The molecule has 138 valence electrons. The first-order chi connectivity index (χ1) is 13.1. The Hall–Kier alpha value is -2.50. The van der Waals surface area contributed by atoms with E-state index in [4.69, 9.17) is 4.74 Å². The van der Waals surface area contributed by atoms with Crippen LogP contribution in [0.3, 0.4) is 0 Å². The van der Waals surface area contributed by atoms with Gasteiger partial charge in [-0.2, -0.15) is 0 Å². The number of carbonyl (C=O) groups excluding carboxylic acids is 1. The Morgan fingerprint density at radius 3 is 2.96 bits per heavy atom. The minimum absolute atomic E-state index is 0.0711. The molecule has 1 aliphatic rings. The zero-order chi connectivity index (χ0) is 18.8. The van der Waals surface area contributed by atoms with Crippen LogP contribution >= 0.6 is 11.3 Å². The number of benzene rings is 2. The standard InChI is InChI=1S/C22H22N2O2S/c1-14-7-8-17(15(2)11-14)19-13-27-22(23-19)24-21(25)12-20-18-6-4-3-5-16(18)9-10-26-20/h3-8,11,13,20H,9-10,12H2,1-2H3,(H,23,24,25). The van der Waals surface area contributed by atoms with Gasteiger partial charge in [0.1, 0.15) is 0 Å². The number of thiazole rings is 1. The van der Waals surface area contributed by atoms with Crippen molar-refractivity contribution in [3.8, 4) is 11.3 Å². The van der Waals surface area contributed by atoms with Crippen LogP contribution in [0.15, 0.2) is 47.8 Å². The van der Waals surface area contributed by atoms with Crippen molar-refractivity contribution in [3.05, 3.63) is 70.1 Å². The summed E-state index contributed by atoms with van der Waals surface area (Å²) >= 11 is 1.45. The maximum Gasteiger partial charge on any atom is 0.229 e. The molecular formula is C22H22N2O2S. The Morgan fingerprint density at radius 1 is 1.26 bits per heavy atom. The smallest absolute Gasteiger partial charge is 0.229 e. The third-order valence-electron chi connectivity index (χ3n) is 4.87. The quantitative estimate of drug-likeness (QED) is 0.690. The predicted molar refractivity (Wildman–Crippen MR) is 109 cm³/mol. The molecule has 0 spiro atoms. The van der Waals surface area contributed by atoms with E-state index in [0.717, 1.165) is 23.2 Å². The fourth-order valence-electron chi connectivity index (χ4n) is 3.54. The Kier molecular flexibility index (Phi) is 5.05. The molecule has 5 heteroatoms. The summed E-state index contributed by atoms with van der Waals surface area (Å²) in [5.74, 6) is -0.0711. The largest absolute Gasteiger partial charge is 0.373 e. The Balaban J connectivity index is 1.45. The van der Waals surface area contributed by atoms with Crippen LogP contribution in [0, 0.1) is 13.8 Å². The van der Waals surface area contributed by atoms with Crippen LogP contribution in [-0.4, -0.2) is 17.5 Å². The Bertz CT molecular complexity index is 980. The van der Waals surface area contributed by atoms with Gasteiger partial charge in [-0.15, -0.1) is 11.3 Å². The second kappa shape index (κ2) is 7.62. The molecular weight excluding hydrogens is 356 g/mol. The zero-order valence-electron chi connectivity index (χ0n) is 15.5. The number of anilines is 1. The molecule has 2 heterocycles. The van der Waals surface area contributed by atoms with E-state index in [-0.39, 0.29) is 12.0 Å². The Morgan fingerprint density at radius 2 is 2.11 bits per heavy atom. The maximum absolute atomic E-state index is 12.5. The average molecular weight is 378 g/mol.